The fourth-order valence-electron chi connectivity index (χ4n) is 3.68. The first-order valence-corrected chi connectivity index (χ1v) is 8.02. The van der Waals surface area contributed by atoms with E-state index in [1.807, 2.05) is 0 Å². The van der Waals surface area contributed by atoms with Gasteiger partial charge in [-0.1, -0.05) is 12.8 Å². The Labute approximate surface area is 116 Å². The Morgan fingerprint density at radius 1 is 1.16 bits per heavy atom. The van der Waals surface area contributed by atoms with Gasteiger partial charge < -0.3 is 16.4 Å². The van der Waals surface area contributed by atoms with Crippen LogP contribution in [0, 0.1) is 5.92 Å². The second-order valence-corrected chi connectivity index (χ2v) is 6.14. The minimum atomic E-state index is -0.175. The van der Waals surface area contributed by atoms with Gasteiger partial charge in [-0.2, -0.15) is 0 Å². The number of rotatable bonds is 7. The summed E-state index contributed by atoms with van der Waals surface area (Å²) in [7, 11) is 0. The molecule has 2 fully saturated rings. The number of nitrogens with one attached hydrogen (secondary N) is 2. The van der Waals surface area contributed by atoms with Gasteiger partial charge in [0.15, 0.2) is 0 Å². The molecule has 0 aromatic rings. The first kappa shape index (κ1) is 14.8. The lowest BCUT2D eigenvalue weighted by Gasteiger charge is -2.36. The number of nitrogens with two attached hydrogens (primary N) is 1. The Morgan fingerprint density at radius 2 is 2.00 bits per heavy atom. The van der Waals surface area contributed by atoms with Gasteiger partial charge in [0.05, 0.1) is 0 Å². The van der Waals surface area contributed by atoms with Crippen molar-refractivity contribution in [2.45, 2.75) is 69.9 Å². The summed E-state index contributed by atoms with van der Waals surface area (Å²) >= 11 is 0. The molecule has 1 heterocycles. The second-order valence-electron chi connectivity index (χ2n) is 6.14. The van der Waals surface area contributed by atoms with Crippen molar-refractivity contribution in [3.63, 3.8) is 0 Å². The van der Waals surface area contributed by atoms with Crippen LogP contribution in [0.15, 0.2) is 0 Å². The molecule has 4 heteroatoms. The van der Waals surface area contributed by atoms with Crippen molar-refractivity contribution < 1.29 is 4.79 Å². The molecule has 1 amide bonds. The van der Waals surface area contributed by atoms with Gasteiger partial charge >= 0.3 is 0 Å². The van der Waals surface area contributed by atoms with Crippen LogP contribution in [0.5, 0.6) is 0 Å². The molecule has 3 atom stereocenters. The van der Waals surface area contributed by atoms with E-state index in [0.29, 0.717) is 12.5 Å². The highest BCUT2D eigenvalue weighted by atomic mass is 16.1. The molecular formula is C15H29N3O. The number of unbranched alkanes of at least 4 members (excludes halogenated alkanes) is 1. The number of carbonyl (C=O) groups excluding carboxylic acids is 1. The predicted molar refractivity (Wildman–Crippen MR) is 77.8 cm³/mol. The molecule has 0 spiro atoms. The molecule has 4 N–H and O–H groups in total. The van der Waals surface area contributed by atoms with E-state index in [0.717, 1.165) is 31.3 Å². The van der Waals surface area contributed by atoms with Crippen LogP contribution in [-0.2, 0) is 4.79 Å². The Kier molecular flexibility index (Phi) is 6.11. The van der Waals surface area contributed by atoms with Crippen LogP contribution >= 0.6 is 0 Å². The first-order valence-electron chi connectivity index (χ1n) is 8.02. The zero-order valence-corrected chi connectivity index (χ0v) is 12.0. The van der Waals surface area contributed by atoms with E-state index in [-0.39, 0.29) is 5.91 Å². The molecule has 1 saturated heterocycles. The van der Waals surface area contributed by atoms with Crippen LogP contribution in [0.25, 0.3) is 0 Å². The standard InChI is InChI=1S/C15H29N3O/c16-15(19)9-3-4-10-17-13-7-2-1-6-12(13)14-8-5-11-18-14/h12-14,17-18H,1-11H2,(H2,16,19). The lowest BCUT2D eigenvalue weighted by Crippen LogP contribution is -2.47. The molecule has 0 aromatic heterocycles. The van der Waals surface area contributed by atoms with Gasteiger partial charge in [0, 0.05) is 18.5 Å². The van der Waals surface area contributed by atoms with E-state index in [9.17, 15) is 4.79 Å². The van der Waals surface area contributed by atoms with Gasteiger partial charge in [-0.05, 0) is 57.5 Å². The maximum absolute atomic E-state index is 10.7. The number of hydrogen-bond acceptors (Lipinski definition) is 3. The van der Waals surface area contributed by atoms with Gasteiger partial charge in [0.25, 0.3) is 0 Å². The Balaban J connectivity index is 1.68. The normalized spacial score (nSPS) is 31.5. The highest BCUT2D eigenvalue weighted by Crippen LogP contribution is 2.30. The highest BCUT2D eigenvalue weighted by Gasteiger charge is 2.32. The summed E-state index contributed by atoms with van der Waals surface area (Å²) in [5, 5.41) is 7.40. The Morgan fingerprint density at radius 3 is 2.74 bits per heavy atom. The van der Waals surface area contributed by atoms with Crippen molar-refractivity contribution in [2.75, 3.05) is 13.1 Å². The lowest BCUT2D eigenvalue weighted by molar-refractivity contribution is -0.118. The van der Waals surface area contributed by atoms with E-state index in [2.05, 4.69) is 10.6 Å². The SMILES string of the molecule is NC(=O)CCCCNC1CCCCC1C1CCCN1. The molecule has 2 rings (SSSR count). The average molecular weight is 267 g/mol. The minimum absolute atomic E-state index is 0.175. The summed E-state index contributed by atoms with van der Waals surface area (Å²) in [5.74, 6) is 0.637. The molecule has 0 aromatic carbocycles. The Hall–Kier alpha value is -0.610. The van der Waals surface area contributed by atoms with Crippen LogP contribution < -0.4 is 16.4 Å². The topological polar surface area (TPSA) is 67.2 Å². The zero-order valence-electron chi connectivity index (χ0n) is 12.0. The van der Waals surface area contributed by atoms with Crippen LogP contribution in [0.2, 0.25) is 0 Å². The summed E-state index contributed by atoms with van der Waals surface area (Å²) in [6.45, 7) is 2.23. The van der Waals surface area contributed by atoms with Gasteiger partial charge in [0.2, 0.25) is 5.91 Å². The number of primary amides is 1. The number of hydrogen-bond donors (Lipinski definition) is 3. The molecule has 1 aliphatic heterocycles. The fraction of sp³-hybridized carbons (Fsp3) is 0.933. The lowest BCUT2D eigenvalue weighted by atomic mass is 9.79. The summed E-state index contributed by atoms with van der Waals surface area (Å²) < 4.78 is 0. The molecule has 3 unspecified atom stereocenters. The number of amides is 1. The maximum atomic E-state index is 10.7. The smallest absolute Gasteiger partial charge is 0.217 e. The number of carbonyl (C=O) groups is 1. The molecule has 19 heavy (non-hydrogen) atoms. The zero-order chi connectivity index (χ0) is 13.5. The molecule has 4 nitrogen and oxygen atoms in total. The Bertz CT molecular complexity index is 277. The molecular weight excluding hydrogens is 238 g/mol. The van der Waals surface area contributed by atoms with Crippen LogP contribution in [0.1, 0.15) is 57.8 Å². The third kappa shape index (κ3) is 4.77. The van der Waals surface area contributed by atoms with Crippen molar-refractivity contribution in [3.8, 4) is 0 Å². The minimum Gasteiger partial charge on any atom is -0.370 e. The van der Waals surface area contributed by atoms with Crippen LogP contribution in [0.4, 0.5) is 0 Å². The predicted octanol–water partition coefficient (Wildman–Crippen LogP) is 1.54. The van der Waals surface area contributed by atoms with Crippen molar-refractivity contribution >= 4 is 5.91 Å². The van der Waals surface area contributed by atoms with Gasteiger partial charge in [-0.15, -0.1) is 0 Å². The monoisotopic (exact) mass is 267 g/mol. The summed E-state index contributed by atoms with van der Waals surface area (Å²) in [4.78, 5) is 10.7. The van der Waals surface area contributed by atoms with Crippen molar-refractivity contribution in [2.24, 2.45) is 11.7 Å². The fourth-order valence-corrected chi connectivity index (χ4v) is 3.68. The van der Waals surface area contributed by atoms with Gasteiger partial charge in [-0.25, -0.2) is 0 Å². The third-order valence-corrected chi connectivity index (χ3v) is 4.69. The molecule has 2 aliphatic rings. The van der Waals surface area contributed by atoms with E-state index in [4.69, 9.17) is 5.73 Å². The first-order chi connectivity index (χ1) is 9.27. The van der Waals surface area contributed by atoms with Gasteiger partial charge in [0.1, 0.15) is 0 Å². The quantitative estimate of drug-likeness (QED) is 0.613. The second kappa shape index (κ2) is 7.85. The molecule has 0 bridgehead atoms. The van der Waals surface area contributed by atoms with E-state index in [1.54, 1.807) is 0 Å². The third-order valence-electron chi connectivity index (χ3n) is 4.69. The highest BCUT2D eigenvalue weighted by molar-refractivity contribution is 5.73. The van der Waals surface area contributed by atoms with Crippen molar-refractivity contribution in [1.29, 1.82) is 0 Å². The van der Waals surface area contributed by atoms with Gasteiger partial charge in [-0.3, -0.25) is 4.79 Å². The van der Waals surface area contributed by atoms with Crippen molar-refractivity contribution in [3.05, 3.63) is 0 Å². The largest absolute Gasteiger partial charge is 0.370 e. The van der Waals surface area contributed by atoms with E-state index in [1.165, 1.54) is 45.1 Å². The van der Waals surface area contributed by atoms with Crippen LogP contribution in [-0.4, -0.2) is 31.1 Å². The maximum Gasteiger partial charge on any atom is 0.217 e. The van der Waals surface area contributed by atoms with E-state index >= 15 is 0 Å². The average Bonchev–Trinajstić information content (AvgIpc) is 2.92. The van der Waals surface area contributed by atoms with Crippen LogP contribution in [0.3, 0.4) is 0 Å². The summed E-state index contributed by atoms with van der Waals surface area (Å²) in [5.41, 5.74) is 5.15. The summed E-state index contributed by atoms with van der Waals surface area (Å²) in [6, 6.07) is 1.42. The molecule has 0 radical (unpaired) electrons. The molecule has 1 saturated carbocycles. The molecule has 110 valence electrons. The van der Waals surface area contributed by atoms with E-state index < -0.39 is 0 Å². The molecule has 1 aliphatic carbocycles. The summed E-state index contributed by atoms with van der Waals surface area (Å²) in [6.07, 6.45) is 10.6. The van der Waals surface area contributed by atoms with Crippen molar-refractivity contribution in [1.82, 2.24) is 10.6 Å².